The van der Waals surface area contributed by atoms with E-state index in [1.165, 1.54) is 38.8 Å². The number of likely N-dealkylation sites (N-methyl/N-ethyl adjacent to an activating group) is 2. The molecule has 0 aromatic heterocycles. The van der Waals surface area contributed by atoms with Gasteiger partial charge in [-0.15, -0.1) is 0 Å². The maximum atomic E-state index is 5.85. The Hall–Kier alpha value is -0.160. The molecule has 0 spiro atoms. The van der Waals surface area contributed by atoms with Gasteiger partial charge in [0.1, 0.15) is 0 Å². The van der Waals surface area contributed by atoms with Crippen molar-refractivity contribution in [1.29, 1.82) is 0 Å². The smallest absolute Gasteiger partial charge is 0.0546 e. The summed E-state index contributed by atoms with van der Waals surface area (Å²) < 4.78 is 5.85. The van der Waals surface area contributed by atoms with Crippen LogP contribution in [0.4, 0.5) is 0 Å². The van der Waals surface area contributed by atoms with E-state index in [9.17, 15) is 0 Å². The molecule has 2 heterocycles. The van der Waals surface area contributed by atoms with Gasteiger partial charge in [-0.25, -0.2) is 0 Å². The molecule has 0 aliphatic carbocycles. The minimum Gasteiger partial charge on any atom is -0.381 e. The van der Waals surface area contributed by atoms with Gasteiger partial charge in [-0.1, -0.05) is 13.8 Å². The van der Waals surface area contributed by atoms with Gasteiger partial charge in [-0.05, 0) is 46.3 Å². The third-order valence-electron chi connectivity index (χ3n) is 5.10. The first-order chi connectivity index (χ1) is 10.0. The van der Waals surface area contributed by atoms with Crippen LogP contribution in [-0.4, -0.2) is 75.4 Å². The minimum atomic E-state index is 0.299. The summed E-state index contributed by atoms with van der Waals surface area (Å²) in [7, 11) is 4.56. The first kappa shape index (κ1) is 17.2. The molecule has 2 unspecified atom stereocenters. The van der Waals surface area contributed by atoms with Crippen LogP contribution in [0.2, 0.25) is 0 Å². The normalized spacial score (nSPS) is 32.0. The van der Waals surface area contributed by atoms with E-state index in [2.05, 4.69) is 43.1 Å². The highest BCUT2D eigenvalue weighted by molar-refractivity contribution is 4.90. The van der Waals surface area contributed by atoms with Gasteiger partial charge in [0.2, 0.25) is 0 Å². The quantitative estimate of drug-likeness (QED) is 0.809. The highest BCUT2D eigenvalue weighted by Crippen LogP contribution is 2.30. The fourth-order valence-corrected chi connectivity index (χ4v) is 3.81. The summed E-state index contributed by atoms with van der Waals surface area (Å²) in [5, 5.41) is 3.66. The third kappa shape index (κ3) is 5.20. The van der Waals surface area contributed by atoms with Crippen molar-refractivity contribution >= 4 is 0 Å². The van der Waals surface area contributed by atoms with Crippen molar-refractivity contribution in [1.82, 2.24) is 15.1 Å². The third-order valence-corrected chi connectivity index (χ3v) is 5.10. The Morgan fingerprint density at radius 3 is 2.81 bits per heavy atom. The number of nitrogens with one attached hydrogen (secondary N) is 1. The lowest BCUT2D eigenvalue weighted by molar-refractivity contribution is -0.0333. The Labute approximate surface area is 131 Å². The molecular formula is C17H35N3O. The fourth-order valence-electron chi connectivity index (χ4n) is 3.81. The molecular weight excluding hydrogens is 262 g/mol. The van der Waals surface area contributed by atoms with Crippen molar-refractivity contribution in [2.24, 2.45) is 5.41 Å². The van der Waals surface area contributed by atoms with Crippen molar-refractivity contribution in [3.8, 4) is 0 Å². The molecule has 2 rings (SSSR count). The molecule has 2 atom stereocenters. The topological polar surface area (TPSA) is 27.7 Å². The maximum absolute atomic E-state index is 5.85. The lowest BCUT2D eigenvalue weighted by atomic mass is 9.81. The van der Waals surface area contributed by atoms with Gasteiger partial charge < -0.3 is 19.9 Å². The number of piperidine rings is 1. The van der Waals surface area contributed by atoms with Crippen molar-refractivity contribution in [2.45, 2.75) is 51.6 Å². The summed E-state index contributed by atoms with van der Waals surface area (Å²) in [5.41, 5.74) is 0.299. The number of hydrogen-bond donors (Lipinski definition) is 1. The van der Waals surface area contributed by atoms with Crippen LogP contribution in [0.25, 0.3) is 0 Å². The van der Waals surface area contributed by atoms with Crippen LogP contribution in [0.5, 0.6) is 0 Å². The molecule has 0 bridgehead atoms. The molecule has 0 radical (unpaired) electrons. The molecule has 0 amide bonds. The van der Waals surface area contributed by atoms with Gasteiger partial charge in [-0.2, -0.15) is 0 Å². The summed E-state index contributed by atoms with van der Waals surface area (Å²) in [5.74, 6) is 0. The zero-order valence-corrected chi connectivity index (χ0v) is 14.5. The Kier molecular flexibility index (Phi) is 6.48. The summed E-state index contributed by atoms with van der Waals surface area (Å²) in [6.45, 7) is 11.0. The summed E-state index contributed by atoms with van der Waals surface area (Å²) in [4.78, 5) is 5.08. The van der Waals surface area contributed by atoms with Crippen molar-refractivity contribution in [2.75, 3.05) is 53.5 Å². The van der Waals surface area contributed by atoms with Crippen LogP contribution in [-0.2, 0) is 4.74 Å². The van der Waals surface area contributed by atoms with E-state index in [0.717, 1.165) is 26.3 Å². The summed E-state index contributed by atoms with van der Waals surface area (Å²) >= 11 is 0. The van der Waals surface area contributed by atoms with Crippen LogP contribution < -0.4 is 5.32 Å². The zero-order valence-electron chi connectivity index (χ0n) is 14.5. The predicted octanol–water partition coefficient (Wildman–Crippen LogP) is 1.81. The highest BCUT2D eigenvalue weighted by atomic mass is 16.5. The second-order valence-corrected chi connectivity index (χ2v) is 7.67. The molecule has 4 heteroatoms. The van der Waals surface area contributed by atoms with Gasteiger partial charge in [0.15, 0.2) is 0 Å². The van der Waals surface area contributed by atoms with Crippen molar-refractivity contribution in [3.05, 3.63) is 0 Å². The van der Waals surface area contributed by atoms with Crippen LogP contribution in [0, 0.1) is 5.41 Å². The molecule has 2 aliphatic heterocycles. The lowest BCUT2D eigenvalue weighted by Crippen LogP contribution is -2.53. The number of ether oxygens (including phenoxy) is 1. The first-order valence-electron chi connectivity index (χ1n) is 8.71. The Bertz CT molecular complexity index is 302. The van der Waals surface area contributed by atoms with Crippen LogP contribution in [0.1, 0.15) is 39.5 Å². The van der Waals surface area contributed by atoms with Crippen LogP contribution in [0.3, 0.4) is 0 Å². The van der Waals surface area contributed by atoms with E-state index in [1.54, 1.807) is 0 Å². The number of hydrogen-bond acceptors (Lipinski definition) is 4. The SMILES string of the molecule is CC(C)NCC1(CN(C)C2CCCN(C)C2)CCCOC1. The van der Waals surface area contributed by atoms with Gasteiger partial charge in [0.25, 0.3) is 0 Å². The van der Waals surface area contributed by atoms with E-state index in [-0.39, 0.29) is 0 Å². The first-order valence-corrected chi connectivity index (χ1v) is 8.71. The zero-order chi connectivity index (χ0) is 15.3. The van der Waals surface area contributed by atoms with Gasteiger partial charge in [0.05, 0.1) is 6.61 Å². The van der Waals surface area contributed by atoms with E-state index in [4.69, 9.17) is 4.74 Å². The Morgan fingerprint density at radius 1 is 1.38 bits per heavy atom. The van der Waals surface area contributed by atoms with E-state index in [0.29, 0.717) is 17.5 Å². The van der Waals surface area contributed by atoms with Gasteiger partial charge in [0, 0.05) is 43.7 Å². The molecule has 0 aromatic rings. The molecule has 21 heavy (non-hydrogen) atoms. The monoisotopic (exact) mass is 297 g/mol. The summed E-state index contributed by atoms with van der Waals surface area (Å²) in [6, 6.07) is 1.26. The second-order valence-electron chi connectivity index (χ2n) is 7.67. The Balaban J connectivity index is 1.93. The van der Waals surface area contributed by atoms with Crippen LogP contribution in [0.15, 0.2) is 0 Å². The van der Waals surface area contributed by atoms with Crippen molar-refractivity contribution in [3.63, 3.8) is 0 Å². The van der Waals surface area contributed by atoms with E-state index >= 15 is 0 Å². The fraction of sp³-hybridized carbons (Fsp3) is 1.00. The molecule has 124 valence electrons. The van der Waals surface area contributed by atoms with E-state index in [1.807, 2.05) is 0 Å². The molecule has 1 N–H and O–H groups in total. The van der Waals surface area contributed by atoms with Gasteiger partial charge in [-0.3, -0.25) is 0 Å². The molecule has 2 saturated heterocycles. The number of likely N-dealkylation sites (tertiary alicyclic amines) is 1. The molecule has 2 fully saturated rings. The molecule has 0 saturated carbocycles. The van der Waals surface area contributed by atoms with E-state index < -0.39 is 0 Å². The molecule has 4 nitrogen and oxygen atoms in total. The highest BCUT2D eigenvalue weighted by Gasteiger charge is 2.36. The number of nitrogens with zero attached hydrogens (tertiary/aromatic N) is 2. The molecule has 0 aromatic carbocycles. The second kappa shape index (κ2) is 7.91. The predicted molar refractivity (Wildman–Crippen MR) is 88.8 cm³/mol. The lowest BCUT2D eigenvalue weighted by Gasteiger charge is -2.44. The van der Waals surface area contributed by atoms with Gasteiger partial charge >= 0.3 is 0 Å². The average molecular weight is 297 g/mol. The standard InChI is InChI=1S/C17H35N3O/c1-15(2)18-12-17(8-6-10-21-14-17)13-20(4)16-7-5-9-19(3)11-16/h15-16,18H,5-14H2,1-4H3. The van der Waals surface area contributed by atoms with Crippen molar-refractivity contribution < 1.29 is 4.74 Å². The summed E-state index contributed by atoms with van der Waals surface area (Å²) in [6.07, 6.45) is 5.17. The minimum absolute atomic E-state index is 0.299. The largest absolute Gasteiger partial charge is 0.381 e. The maximum Gasteiger partial charge on any atom is 0.0546 e. The average Bonchev–Trinajstić information content (AvgIpc) is 2.46. The number of rotatable bonds is 6. The Morgan fingerprint density at radius 2 is 2.19 bits per heavy atom. The molecule has 2 aliphatic rings. The van der Waals surface area contributed by atoms with Crippen LogP contribution >= 0.6 is 0 Å².